The van der Waals surface area contributed by atoms with E-state index in [0.29, 0.717) is 5.56 Å². The molecule has 0 amide bonds. The highest BCUT2D eigenvalue weighted by Crippen LogP contribution is 2.53. The minimum atomic E-state index is -2.08. The SMILES string of the molecule is [3H]CCNc1nc2c(ncn2[C@@H]2O[C@](F)(CC)[C@@H](C)[C@@]2(C)OC(=O)c2ccccc2)c(=O)[nH]1. The summed E-state index contributed by atoms with van der Waals surface area (Å²) in [4.78, 5) is 36.5. The fraction of sp³-hybridized carbons (Fsp3) is 0.455. The number of halogens is 1. The molecule has 1 aromatic carbocycles. The van der Waals surface area contributed by atoms with Gasteiger partial charge in [-0.1, -0.05) is 32.0 Å². The van der Waals surface area contributed by atoms with Gasteiger partial charge in [-0.2, -0.15) is 4.98 Å². The Labute approximate surface area is 185 Å². The highest BCUT2D eigenvalue weighted by molar-refractivity contribution is 5.89. The minimum absolute atomic E-state index is 0.0279. The molecule has 0 bridgehead atoms. The number of fused-ring (bicyclic) bond motifs is 1. The standard InChI is InChI=1S/C22H26FN5O4/c1-5-22(23)13(3)21(4,31-18(30)14-10-8-7-9-11-14)19(32-22)28-12-25-15-16(28)26-20(24-6-2)27-17(15)29/h7-13,19H,5-6H2,1-4H3,(H2,24,26,27,29)/t13-,19+,21+,22+/m0/s1/i2T. The predicted octanol–water partition coefficient (Wildman–Crippen LogP) is 3.41. The summed E-state index contributed by atoms with van der Waals surface area (Å²) in [5.41, 5.74) is -1.44. The number of imidazole rings is 1. The van der Waals surface area contributed by atoms with E-state index in [1.54, 1.807) is 51.1 Å². The first-order valence-electron chi connectivity index (χ1n) is 11.1. The van der Waals surface area contributed by atoms with Crippen LogP contribution in [-0.4, -0.2) is 43.5 Å². The van der Waals surface area contributed by atoms with E-state index in [9.17, 15) is 9.59 Å². The van der Waals surface area contributed by atoms with E-state index >= 15 is 4.39 Å². The Hall–Kier alpha value is -3.27. The Morgan fingerprint density at radius 3 is 2.88 bits per heavy atom. The summed E-state index contributed by atoms with van der Waals surface area (Å²) in [7, 11) is 0. The van der Waals surface area contributed by atoms with Crippen LogP contribution in [0.3, 0.4) is 0 Å². The van der Waals surface area contributed by atoms with Crippen LogP contribution < -0.4 is 10.9 Å². The Bertz CT molecular complexity index is 1220. The first-order chi connectivity index (χ1) is 15.7. The number of carbonyl (C=O) groups excluding carboxylic acids is 1. The van der Waals surface area contributed by atoms with Gasteiger partial charge >= 0.3 is 5.97 Å². The fourth-order valence-corrected chi connectivity index (χ4v) is 4.04. The number of rotatable bonds is 6. The molecule has 3 heterocycles. The average Bonchev–Trinajstić information content (AvgIpc) is 3.32. The number of hydrogen-bond donors (Lipinski definition) is 2. The van der Waals surface area contributed by atoms with Crippen molar-refractivity contribution in [2.24, 2.45) is 5.92 Å². The number of nitrogens with one attached hydrogen (secondary N) is 2. The monoisotopic (exact) mass is 445 g/mol. The van der Waals surface area contributed by atoms with Crippen LogP contribution in [0.25, 0.3) is 11.2 Å². The molecule has 0 radical (unpaired) electrons. The van der Waals surface area contributed by atoms with Gasteiger partial charge in [0.25, 0.3) is 5.56 Å². The summed E-state index contributed by atoms with van der Waals surface area (Å²) in [5.74, 6) is -3.39. The van der Waals surface area contributed by atoms with E-state index in [0.717, 1.165) is 0 Å². The molecule has 3 aromatic rings. The molecule has 2 aromatic heterocycles. The molecule has 1 saturated heterocycles. The number of hydrogen-bond acceptors (Lipinski definition) is 7. The van der Waals surface area contributed by atoms with E-state index in [1.807, 2.05) is 0 Å². The van der Waals surface area contributed by atoms with Crippen molar-refractivity contribution in [1.29, 1.82) is 0 Å². The lowest BCUT2D eigenvalue weighted by molar-refractivity contribution is -0.174. The lowest BCUT2D eigenvalue weighted by Crippen LogP contribution is -2.44. The van der Waals surface area contributed by atoms with Crippen LogP contribution in [0.2, 0.25) is 0 Å². The zero-order chi connectivity index (χ0) is 23.8. The zero-order valence-corrected chi connectivity index (χ0v) is 18.1. The maximum atomic E-state index is 15.8. The van der Waals surface area contributed by atoms with E-state index in [-0.39, 0.29) is 37.0 Å². The zero-order valence-electron chi connectivity index (χ0n) is 19.1. The van der Waals surface area contributed by atoms with Gasteiger partial charge in [0, 0.05) is 14.3 Å². The number of anilines is 1. The van der Waals surface area contributed by atoms with Gasteiger partial charge in [-0.05, 0) is 26.0 Å². The van der Waals surface area contributed by atoms with Crippen molar-refractivity contribution in [1.82, 2.24) is 19.5 Å². The Balaban J connectivity index is 1.80. The summed E-state index contributed by atoms with van der Waals surface area (Å²) in [6.45, 7) is 5.24. The molecule has 32 heavy (non-hydrogen) atoms. The van der Waals surface area contributed by atoms with Crippen molar-refractivity contribution in [3.63, 3.8) is 0 Å². The molecule has 1 fully saturated rings. The molecule has 10 heteroatoms. The van der Waals surface area contributed by atoms with Gasteiger partial charge in [0.15, 0.2) is 23.0 Å². The lowest BCUT2D eigenvalue weighted by atomic mass is 9.85. The van der Waals surface area contributed by atoms with Crippen molar-refractivity contribution >= 4 is 23.1 Å². The highest BCUT2D eigenvalue weighted by atomic mass is 19.2. The predicted molar refractivity (Wildman–Crippen MR) is 116 cm³/mol. The maximum absolute atomic E-state index is 15.8. The summed E-state index contributed by atoms with van der Waals surface area (Å²) in [5, 5.41) is 2.85. The van der Waals surface area contributed by atoms with Crippen LogP contribution in [0.15, 0.2) is 41.5 Å². The largest absolute Gasteiger partial charge is 0.450 e. The van der Waals surface area contributed by atoms with Crippen LogP contribution >= 0.6 is 0 Å². The second-order valence-corrected chi connectivity index (χ2v) is 7.94. The molecular formula is C22H26FN5O4. The highest BCUT2D eigenvalue weighted by Gasteiger charge is 2.63. The lowest BCUT2D eigenvalue weighted by Gasteiger charge is -2.34. The van der Waals surface area contributed by atoms with Gasteiger partial charge in [0.2, 0.25) is 11.8 Å². The molecule has 9 nitrogen and oxygen atoms in total. The van der Waals surface area contributed by atoms with Gasteiger partial charge in [0.1, 0.15) is 0 Å². The molecule has 4 atom stereocenters. The maximum Gasteiger partial charge on any atom is 0.338 e. The van der Waals surface area contributed by atoms with Gasteiger partial charge in [-0.3, -0.25) is 14.3 Å². The number of aromatic nitrogens is 4. The number of nitrogens with zero attached hydrogens (tertiary/aromatic N) is 3. The quantitative estimate of drug-likeness (QED) is 0.559. The van der Waals surface area contributed by atoms with Gasteiger partial charge in [-0.15, -0.1) is 0 Å². The molecule has 0 saturated carbocycles. The van der Waals surface area contributed by atoms with Crippen LogP contribution in [0.1, 0.15) is 52.0 Å². The first kappa shape index (κ1) is 20.6. The van der Waals surface area contributed by atoms with Crippen molar-refractivity contribution in [2.75, 3.05) is 11.9 Å². The average molecular weight is 445 g/mol. The number of H-pyrrole nitrogens is 1. The third-order valence-corrected chi connectivity index (χ3v) is 6.09. The van der Waals surface area contributed by atoms with Gasteiger partial charge in [0.05, 0.1) is 17.8 Å². The van der Waals surface area contributed by atoms with Gasteiger partial charge in [-0.25, -0.2) is 14.2 Å². The van der Waals surface area contributed by atoms with Crippen LogP contribution in [0, 0.1) is 5.92 Å². The number of alkyl halides is 1. The van der Waals surface area contributed by atoms with Crippen molar-refractivity contribution in [3.05, 3.63) is 52.6 Å². The smallest absolute Gasteiger partial charge is 0.338 e. The second kappa shape index (κ2) is 8.01. The molecule has 0 unspecified atom stereocenters. The van der Waals surface area contributed by atoms with Crippen LogP contribution in [0.5, 0.6) is 0 Å². The third kappa shape index (κ3) is 3.44. The Morgan fingerprint density at radius 1 is 1.44 bits per heavy atom. The number of benzene rings is 1. The molecule has 0 spiro atoms. The van der Waals surface area contributed by atoms with E-state index in [4.69, 9.17) is 10.8 Å². The number of ether oxygens (including phenoxy) is 2. The number of carbonyl (C=O) groups is 1. The molecule has 4 rings (SSSR count). The summed E-state index contributed by atoms with van der Waals surface area (Å²) in [6.07, 6.45) is 0.225. The van der Waals surface area contributed by atoms with Gasteiger partial charge < -0.3 is 14.8 Å². The first-order valence-corrected chi connectivity index (χ1v) is 10.4. The molecule has 2 N–H and O–H groups in total. The van der Waals surface area contributed by atoms with Crippen molar-refractivity contribution < 1.29 is 20.0 Å². The fourth-order valence-electron chi connectivity index (χ4n) is 4.04. The number of aromatic amines is 1. The summed E-state index contributed by atoms with van der Waals surface area (Å²) >= 11 is 0. The Morgan fingerprint density at radius 2 is 2.19 bits per heavy atom. The normalized spacial score (nSPS) is 27.9. The van der Waals surface area contributed by atoms with Crippen LogP contribution in [-0.2, 0) is 9.47 Å². The van der Waals surface area contributed by atoms with Crippen LogP contribution in [0.4, 0.5) is 10.3 Å². The molecule has 1 aliphatic rings. The van der Waals surface area contributed by atoms with E-state index in [1.165, 1.54) is 10.9 Å². The minimum Gasteiger partial charge on any atom is -0.450 e. The topological polar surface area (TPSA) is 111 Å². The van der Waals surface area contributed by atoms with E-state index in [2.05, 4.69) is 20.3 Å². The third-order valence-electron chi connectivity index (χ3n) is 6.09. The molecular weight excluding hydrogens is 417 g/mol. The summed E-state index contributed by atoms with van der Waals surface area (Å²) in [6, 6.07) is 8.42. The number of esters is 1. The molecule has 170 valence electrons. The molecule has 0 aliphatic carbocycles. The molecule has 1 aliphatic heterocycles. The summed E-state index contributed by atoms with van der Waals surface area (Å²) < 4.78 is 36.2. The van der Waals surface area contributed by atoms with Crippen molar-refractivity contribution in [3.8, 4) is 0 Å². The van der Waals surface area contributed by atoms with Crippen molar-refractivity contribution in [2.45, 2.75) is 51.8 Å². The van der Waals surface area contributed by atoms with E-state index < -0.39 is 35.1 Å². The second-order valence-electron chi connectivity index (χ2n) is 7.94. The Kier molecular flexibility index (Phi) is 5.16.